The lowest BCUT2D eigenvalue weighted by atomic mass is 9.97. The molecule has 19 heavy (non-hydrogen) atoms. The maximum Gasteiger partial charge on any atom is 0.574 e. The zero-order valence-electron chi connectivity index (χ0n) is 9.81. The van der Waals surface area contributed by atoms with Crippen molar-refractivity contribution in [3.8, 4) is 11.8 Å². The average Bonchev–Trinajstić information content (AvgIpc) is 2.33. The zero-order valence-corrected chi connectivity index (χ0v) is 9.81. The third-order valence-corrected chi connectivity index (χ3v) is 2.60. The van der Waals surface area contributed by atoms with Crippen molar-refractivity contribution in [2.24, 2.45) is 0 Å². The number of ketones is 1. The number of Topliss-reactive ketones (excluding diaryl/α,β-unsaturated/α-hetero) is 1. The molecular formula is C11H11F3N2O3. The normalized spacial score (nSPS) is 17.3. The van der Waals surface area contributed by atoms with Crippen molar-refractivity contribution < 1.29 is 27.4 Å². The lowest BCUT2D eigenvalue weighted by Crippen LogP contribution is -2.24. The molecule has 1 aliphatic carbocycles. The number of halogens is 3. The number of carbonyl (C=O) groups is 1. The molecule has 0 aromatic carbocycles. The first-order chi connectivity index (χ1) is 8.92. The molecule has 1 saturated carbocycles. The smallest absolute Gasteiger partial charge is 0.473 e. The van der Waals surface area contributed by atoms with Gasteiger partial charge < -0.3 is 9.47 Å². The van der Waals surface area contributed by atoms with Crippen LogP contribution in [-0.4, -0.2) is 28.2 Å². The van der Waals surface area contributed by atoms with Gasteiger partial charge in [0.15, 0.2) is 0 Å². The first kappa shape index (κ1) is 13.6. The molecule has 0 radical (unpaired) electrons. The Balaban J connectivity index is 1.90. The van der Waals surface area contributed by atoms with E-state index in [1.807, 2.05) is 0 Å². The van der Waals surface area contributed by atoms with E-state index in [4.69, 9.17) is 4.74 Å². The van der Waals surface area contributed by atoms with Crippen molar-refractivity contribution in [3.05, 3.63) is 12.4 Å². The van der Waals surface area contributed by atoms with Crippen molar-refractivity contribution in [1.82, 2.24) is 9.97 Å². The summed E-state index contributed by atoms with van der Waals surface area (Å²) in [5, 5.41) is 0. The molecule has 1 aliphatic rings. The summed E-state index contributed by atoms with van der Waals surface area (Å²) in [6.07, 6.45) is -0.959. The van der Waals surface area contributed by atoms with Crippen molar-refractivity contribution in [3.63, 3.8) is 0 Å². The van der Waals surface area contributed by atoms with Crippen LogP contribution in [0, 0.1) is 0 Å². The summed E-state index contributed by atoms with van der Waals surface area (Å²) in [5.41, 5.74) is 0. The van der Waals surface area contributed by atoms with Gasteiger partial charge in [-0.3, -0.25) is 4.79 Å². The first-order valence-electron chi connectivity index (χ1n) is 5.68. The Hall–Kier alpha value is -1.86. The third-order valence-electron chi connectivity index (χ3n) is 2.60. The van der Waals surface area contributed by atoms with Crippen LogP contribution in [-0.2, 0) is 4.79 Å². The number of rotatable bonds is 3. The predicted molar refractivity (Wildman–Crippen MR) is 56.6 cm³/mol. The highest BCUT2D eigenvalue weighted by molar-refractivity contribution is 5.79. The van der Waals surface area contributed by atoms with E-state index in [0.29, 0.717) is 25.7 Å². The summed E-state index contributed by atoms with van der Waals surface area (Å²) in [6, 6.07) is 0. The molecule has 8 heteroatoms. The first-order valence-corrected chi connectivity index (χ1v) is 5.68. The monoisotopic (exact) mass is 276 g/mol. The Bertz CT molecular complexity index is 437. The van der Waals surface area contributed by atoms with Crippen LogP contribution < -0.4 is 9.47 Å². The van der Waals surface area contributed by atoms with Gasteiger partial charge in [0, 0.05) is 12.8 Å². The lowest BCUT2D eigenvalue weighted by molar-refractivity contribution is -0.276. The van der Waals surface area contributed by atoms with Gasteiger partial charge in [-0.2, -0.15) is 0 Å². The second-order valence-electron chi connectivity index (χ2n) is 4.10. The van der Waals surface area contributed by atoms with E-state index in [-0.39, 0.29) is 17.8 Å². The molecule has 1 aromatic heterocycles. The minimum atomic E-state index is -4.79. The minimum absolute atomic E-state index is 0.119. The number of carbonyl (C=O) groups excluding carboxylic acids is 1. The quantitative estimate of drug-likeness (QED) is 0.847. The number of alkyl halides is 3. The molecule has 1 aromatic rings. The van der Waals surface area contributed by atoms with Gasteiger partial charge in [-0.1, -0.05) is 0 Å². The van der Waals surface area contributed by atoms with Gasteiger partial charge in [-0.15, -0.1) is 13.2 Å². The second kappa shape index (κ2) is 5.41. The molecule has 1 fully saturated rings. The maximum absolute atomic E-state index is 11.9. The van der Waals surface area contributed by atoms with E-state index in [1.165, 1.54) is 0 Å². The molecule has 0 bridgehead atoms. The Morgan fingerprint density at radius 1 is 1.11 bits per heavy atom. The Morgan fingerprint density at radius 2 is 1.68 bits per heavy atom. The van der Waals surface area contributed by atoms with E-state index in [2.05, 4.69) is 14.7 Å². The number of ether oxygens (including phenoxy) is 2. The van der Waals surface area contributed by atoms with E-state index < -0.39 is 12.2 Å². The standard InChI is InChI=1S/C11H11F3N2O3/c12-11(13,14)19-10-6-15-9(5-16-10)18-8-3-1-7(17)2-4-8/h5-6,8H,1-4H2. The third kappa shape index (κ3) is 4.38. The van der Waals surface area contributed by atoms with Gasteiger partial charge in [0.25, 0.3) is 0 Å². The topological polar surface area (TPSA) is 61.3 Å². The van der Waals surface area contributed by atoms with Crippen molar-refractivity contribution in [1.29, 1.82) is 0 Å². The summed E-state index contributed by atoms with van der Waals surface area (Å²) >= 11 is 0. The predicted octanol–water partition coefficient (Wildman–Crippen LogP) is 2.27. The van der Waals surface area contributed by atoms with Crippen LogP contribution in [0.25, 0.3) is 0 Å². The SMILES string of the molecule is O=C1CCC(Oc2cnc(OC(F)(F)F)cn2)CC1. The van der Waals surface area contributed by atoms with Gasteiger partial charge in [-0.05, 0) is 12.8 Å². The van der Waals surface area contributed by atoms with E-state index in [0.717, 1.165) is 12.4 Å². The molecule has 0 aliphatic heterocycles. The highest BCUT2D eigenvalue weighted by Crippen LogP contribution is 2.23. The fourth-order valence-electron chi connectivity index (χ4n) is 1.74. The fourth-order valence-corrected chi connectivity index (χ4v) is 1.74. The summed E-state index contributed by atoms with van der Waals surface area (Å²) in [4.78, 5) is 18.2. The van der Waals surface area contributed by atoms with Crippen molar-refractivity contribution in [2.45, 2.75) is 38.1 Å². The number of hydrogen-bond acceptors (Lipinski definition) is 5. The molecule has 2 rings (SSSR count). The molecule has 1 heterocycles. The minimum Gasteiger partial charge on any atom is -0.473 e. The van der Waals surface area contributed by atoms with Crippen LogP contribution >= 0.6 is 0 Å². The molecule has 0 atom stereocenters. The van der Waals surface area contributed by atoms with Gasteiger partial charge in [0.05, 0.1) is 12.4 Å². The van der Waals surface area contributed by atoms with Crippen molar-refractivity contribution in [2.75, 3.05) is 0 Å². The van der Waals surface area contributed by atoms with Gasteiger partial charge in [0.2, 0.25) is 11.8 Å². The summed E-state index contributed by atoms with van der Waals surface area (Å²) in [5.74, 6) is -0.326. The maximum atomic E-state index is 11.9. The molecule has 0 spiro atoms. The lowest BCUT2D eigenvalue weighted by Gasteiger charge is -2.21. The molecule has 0 N–H and O–H groups in total. The van der Waals surface area contributed by atoms with E-state index in [9.17, 15) is 18.0 Å². The Kier molecular flexibility index (Phi) is 3.87. The van der Waals surface area contributed by atoms with Crippen LogP contribution in [0.4, 0.5) is 13.2 Å². The molecule has 5 nitrogen and oxygen atoms in total. The summed E-state index contributed by atoms with van der Waals surface area (Å²) < 4.78 is 44.7. The summed E-state index contributed by atoms with van der Waals surface area (Å²) in [7, 11) is 0. The van der Waals surface area contributed by atoms with Crippen LogP contribution in [0.15, 0.2) is 12.4 Å². The van der Waals surface area contributed by atoms with Crippen LogP contribution in [0.2, 0.25) is 0 Å². The zero-order chi connectivity index (χ0) is 13.9. The molecule has 0 saturated heterocycles. The number of hydrogen-bond donors (Lipinski definition) is 0. The van der Waals surface area contributed by atoms with E-state index >= 15 is 0 Å². The average molecular weight is 276 g/mol. The van der Waals surface area contributed by atoms with Crippen LogP contribution in [0.1, 0.15) is 25.7 Å². The Morgan fingerprint density at radius 3 is 2.21 bits per heavy atom. The van der Waals surface area contributed by atoms with E-state index in [1.54, 1.807) is 0 Å². The highest BCUT2D eigenvalue weighted by Gasteiger charge is 2.32. The Labute approximate surface area is 106 Å². The molecule has 104 valence electrons. The largest absolute Gasteiger partial charge is 0.574 e. The molecule has 0 amide bonds. The summed E-state index contributed by atoms with van der Waals surface area (Å²) in [6.45, 7) is 0. The molecular weight excluding hydrogens is 265 g/mol. The number of nitrogens with zero attached hydrogens (tertiary/aromatic N) is 2. The van der Waals surface area contributed by atoms with Gasteiger partial charge in [0.1, 0.15) is 11.9 Å². The second-order valence-corrected chi connectivity index (χ2v) is 4.10. The van der Waals surface area contributed by atoms with Crippen molar-refractivity contribution >= 4 is 5.78 Å². The number of aromatic nitrogens is 2. The fraction of sp³-hybridized carbons (Fsp3) is 0.545. The van der Waals surface area contributed by atoms with Crippen LogP contribution in [0.3, 0.4) is 0 Å². The molecule has 0 unspecified atom stereocenters. The van der Waals surface area contributed by atoms with Crippen LogP contribution in [0.5, 0.6) is 11.8 Å². The highest BCUT2D eigenvalue weighted by atomic mass is 19.4. The van der Waals surface area contributed by atoms with Gasteiger partial charge in [-0.25, -0.2) is 9.97 Å². The van der Waals surface area contributed by atoms with Gasteiger partial charge >= 0.3 is 6.36 Å².